The number of ether oxygens (including phenoxy) is 4. The molecule has 0 bridgehead atoms. The Morgan fingerprint density at radius 1 is 0.619 bits per heavy atom. The number of nitriles is 1. The Bertz CT molecular complexity index is 1290. The van der Waals surface area contributed by atoms with E-state index < -0.39 is 11.9 Å². The highest BCUT2D eigenvalue weighted by Gasteiger charge is 2.16. The lowest BCUT2D eigenvalue weighted by molar-refractivity contribution is 0.0582. The normalized spacial score (nSPS) is 10.5. The summed E-state index contributed by atoms with van der Waals surface area (Å²) < 4.78 is 21.3. The van der Waals surface area contributed by atoms with E-state index in [9.17, 15) is 9.59 Å². The maximum atomic E-state index is 12.0. The van der Waals surface area contributed by atoms with Crippen molar-refractivity contribution in [2.24, 2.45) is 0 Å². The highest BCUT2D eigenvalue weighted by molar-refractivity contribution is 5.96. The SMILES string of the molecule is COC(=O)c1ccc(C(=O)OC)c(OCCCCCCCCCCCCOc2ccc(-c3ccc(C#N)cc3)cc2)c1. The van der Waals surface area contributed by atoms with E-state index >= 15 is 0 Å². The summed E-state index contributed by atoms with van der Waals surface area (Å²) in [7, 11) is 2.63. The van der Waals surface area contributed by atoms with Gasteiger partial charge in [0, 0.05) is 0 Å². The van der Waals surface area contributed by atoms with Gasteiger partial charge in [0.2, 0.25) is 0 Å². The Balaban J connectivity index is 1.19. The quantitative estimate of drug-likeness (QED) is 0.112. The summed E-state index contributed by atoms with van der Waals surface area (Å²) in [6.07, 6.45) is 11.4. The van der Waals surface area contributed by atoms with Crippen LogP contribution < -0.4 is 9.47 Å². The van der Waals surface area contributed by atoms with Gasteiger partial charge in [0.05, 0.1) is 44.6 Å². The number of esters is 2. The first-order valence-electron chi connectivity index (χ1n) is 14.7. The van der Waals surface area contributed by atoms with Gasteiger partial charge in [0.1, 0.15) is 17.1 Å². The molecule has 0 heterocycles. The van der Waals surface area contributed by atoms with Crippen molar-refractivity contribution in [3.8, 4) is 28.7 Å². The van der Waals surface area contributed by atoms with Gasteiger partial charge in [-0.2, -0.15) is 5.26 Å². The molecule has 0 saturated heterocycles. The molecule has 3 aromatic carbocycles. The van der Waals surface area contributed by atoms with Crippen LogP contribution in [-0.2, 0) is 9.47 Å². The molecule has 3 rings (SSSR count). The minimum atomic E-state index is -0.499. The zero-order chi connectivity index (χ0) is 30.0. The molecule has 0 unspecified atom stereocenters. The number of carbonyl (C=O) groups is 2. The van der Waals surface area contributed by atoms with Crippen LogP contribution in [0.4, 0.5) is 0 Å². The highest BCUT2D eigenvalue weighted by Crippen LogP contribution is 2.24. The predicted molar refractivity (Wildman–Crippen MR) is 163 cm³/mol. The van der Waals surface area contributed by atoms with E-state index in [1.807, 2.05) is 36.4 Å². The summed E-state index contributed by atoms with van der Waals surface area (Å²) in [6, 6.07) is 22.4. The van der Waals surface area contributed by atoms with Crippen LogP contribution in [0.3, 0.4) is 0 Å². The summed E-state index contributed by atoms with van der Waals surface area (Å²) in [6.45, 7) is 1.20. The lowest BCUT2D eigenvalue weighted by Gasteiger charge is -2.11. The number of hydrogen-bond acceptors (Lipinski definition) is 7. The van der Waals surface area contributed by atoms with E-state index in [1.165, 1.54) is 70.9 Å². The van der Waals surface area contributed by atoms with Gasteiger partial charge in [0.15, 0.2) is 0 Å². The first-order chi connectivity index (χ1) is 20.5. The van der Waals surface area contributed by atoms with Gasteiger partial charge < -0.3 is 18.9 Å². The van der Waals surface area contributed by atoms with Crippen LogP contribution in [0.2, 0.25) is 0 Å². The third-order valence-corrected chi connectivity index (χ3v) is 7.07. The van der Waals surface area contributed by atoms with Gasteiger partial charge in [-0.3, -0.25) is 0 Å². The van der Waals surface area contributed by atoms with Gasteiger partial charge in [-0.05, 0) is 66.4 Å². The van der Waals surface area contributed by atoms with Crippen LogP contribution in [0.15, 0.2) is 66.7 Å². The molecule has 3 aromatic rings. The van der Waals surface area contributed by atoms with Crippen molar-refractivity contribution < 1.29 is 28.5 Å². The number of rotatable bonds is 18. The lowest BCUT2D eigenvalue weighted by atomic mass is 10.0. The van der Waals surface area contributed by atoms with Crippen LogP contribution in [-0.4, -0.2) is 39.4 Å². The Morgan fingerprint density at radius 2 is 1.12 bits per heavy atom. The highest BCUT2D eigenvalue weighted by atomic mass is 16.5. The van der Waals surface area contributed by atoms with Crippen molar-refractivity contribution in [3.05, 3.63) is 83.4 Å². The minimum absolute atomic E-state index is 0.298. The molecular formula is C35H41NO6. The second-order valence-electron chi connectivity index (χ2n) is 10.1. The maximum absolute atomic E-state index is 12.0. The van der Waals surface area contributed by atoms with Crippen molar-refractivity contribution in [1.29, 1.82) is 5.26 Å². The van der Waals surface area contributed by atoms with E-state index in [-0.39, 0.29) is 0 Å². The standard InChI is InChI=1S/C35H41NO6/c1-39-34(37)30-19-22-32(35(38)40-2)33(25-30)42-24-12-10-8-6-4-3-5-7-9-11-23-41-31-20-17-29(18-21-31)28-15-13-27(26-36)14-16-28/h13-22,25H,3-12,23-24H2,1-2H3. The maximum Gasteiger partial charge on any atom is 0.341 e. The van der Waals surface area contributed by atoms with E-state index in [2.05, 4.69) is 18.2 Å². The molecule has 0 atom stereocenters. The summed E-state index contributed by atoms with van der Waals surface area (Å²) in [4.78, 5) is 23.8. The Morgan fingerprint density at radius 3 is 1.64 bits per heavy atom. The van der Waals surface area contributed by atoms with Crippen molar-refractivity contribution in [2.75, 3.05) is 27.4 Å². The van der Waals surface area contributed by atoms with Crippen molar-refractivity contribution >= 4 is 11.9 Å². The van der Waals surface area contributed by atoms with Crippen molar-refractivity contribution in [2.45, 2.75) is 64.2 Å². The first kappa shape index (κ1) is 32.2. The molecule has 222 valence electrons. The molecule has 0 radical (unpaired) electrons. The summed E-state index contributed by atoms with van der Waals surface area (Å²) in [5.41, 5.74) is 3.49. The van der Waals surface area contributed by atoms with E-state index in [0.29, 0.717) is 29.0 Å². The molecule has 0 amide bonds. The molecule has 0 saturated carbocycles. The molecule has 0 aliphatic heterocycles. The molecule has 0 aliphatic carbocycles. The van der Waals surface area contributed by atoms with Crippen LogP contribution in [0.5, 0.6) is 11.5 Å². The fraction of sp³-hybridized carbons (Fsp3) is 0.400. The van der Waals surface area contributed by atoms with Gasteiger partial charge in [0.25, 0.3) is 0 Å². The number of nitrogens with zero attached hydrogens (tertiary/aromatic N) is 1. The predicted octanol–water partition coefficient (Wildman–Crippen LogP) is 8.16. The number of hydrogen-bond donors (Lipinski definition) is 0. The monoisotopic (exact) mass is 571 g/mol. The minimum Gasteiger partial charge on any atom is -0.494 e. The third-order valence-electron chi connectivity index (χ3n) is 7.07. The molecule has 0 aromatic heterocycles. The third kappa shape index (κ3) is 10.6. The van der Waals surface area contributed by atoms with Gasteiger partial charge in [-0.25, -0.2) is 9.59 Å². The second kappa shape index (κ2) is 18.2. The van der Waals surface area contributed by atoms with E-state index in [4.69, 9.17) is 24.2 Å². The van der Waals surface area contributed by atoms with Gasteiger partial charge >= 0.3 is 11.9 Å². The molecular weight excluding hydrogens is 530 g/mol. The van der Waals surface area contributed by atoms with Crippen molar-refractivity contribution in [3.63, 3.8) is 0 Å². The molecule has 7 heteroatoms. The molecule has 0 aliphatic rings. The zero-order valence-electron chi connectivity index (χ0n) is 24.7. The Kier molecular flexibility index (Phi) is 13.9. The summed E-state index contributed by atoms with van der Waals surface area (Å²) in [5, 5.41) is 8.94. The van der Waals surface area contributed by atoms with Crippen molar-refractivity contribution in [1.82, 2.24) is 0 Å². The molecule has 0 fully saturated rings. The molecule has 0 N–H and O–H groups in total. The van der Waals surface area contributed by atoms with Gasteiger partial charge in [-0.1, -0.05) is 75.6 Å². The fourth-order valence-corrected chi connectivity index (χ4v) is 4.64. The average Bonchev–Trinajstić information content (AvgIpc) is 3.04. The molecule has 7 nitrogen and oxygen atoms in total. The Labute approximate surface area is 249 Å². The summed E-state index contributed by atoms with van der Waals surface area (Å²) in [5.74, 6) is 0.248. The Hall–Kier alpha value is -4.31. The van der Waals surface area contributed by atoms with Crippen LogP contribution in [0.1, 0.15) is 90.5 Å². The van der Waals surface area contributed by atoms with Crippen LogP contribution in [0, 0.1) is 11.3 Å². The van der Waals surface area contributed by atoms with E-state index in [1.54, 1.807) is 0 Å². The first-order valence-corrected chi connectivity index (χ1v) is 14.7. The fourth-order valence-electron chi connectivity index (χ4n) is 4.64. The average molecular weight is 572 g/mol. The van der Waals surface area contributed by atoms with Crippen LogP contribution in [0.25, 0.3) is 11.1 Å². The zero-order valence-corrected chi connectivity index (χ0v) is 24.7. The van der Waals surface area contributed by atoms with E-state index in [0.717, 1.165) is 49.2 Å². The number of methoxy groups -OCH3 is 2. The van der Waals surface area contributed by atoms with Gasteiger partial charge in [-0.15, -0.1) is 0 Å². The number of benzene rings is 3. The molecule has 0 spiro atoms. The number of unbranched alkanes of at least 4 members (excludes halogenated alkanes) is 9. The second-order valence-corrected chi connectivity index (χ2v) is 10.1. The number of carbonyl (C=O) groups excluding carboxylic acids is 2. The largest absolute Gasteiger partial charge is 0.494 e. The summed E-state index contributed by atoms with van der Waals surface area (Å²) >= 11 is 0. The lowest BCUT2D eigenvalue weighted by Crippen LogP contribution is -2.09. The smallest absolute Gasteiger partial charge is 0.341 e. The van der Waals surface area contributed by atoms with Crippen LogP contribution >= 0.6 is 0 Å². The molecule has 42 heavy (non-hydrogen) atoms. The topological polar surface area (TPSA) is 94.9 Å².